The van der Waals surface area contributed by atoms with Crippen molar-refractivity contribution in [3.05, 3.63) is 29.6 Å². The molecule has 0 unspecified atom stereocenters. The minimum atomic E-state index is -0.784. The molecule has 4 nitrogen and oxygen atoms in total. The maximum atomic E-state index is 13.7. The van der Waals surface area contributed by atoms with Crippen molar-refractivity contribution in [1.82, 2.24) is 5.32 Å². The quantitative estimate of drug-likeness (QED) is 0.827. The number of carbonyl (C=O) groups is 1. The van der Waals surface area contributed by atoms with Crippen molar-refractivity contribution in [2.75, 3.05) is 25.5 Å². The van der Waals surface area contributed by atoms with Gasteiger partial charge in [0, 0.05) is 19.7 Å². The first-order chi connectivity index (χ1) is 7.97. The van der Waals surface area contributed by atoms with Gasteiger partial charge < -0.3 is 15.3 Å². The molecule has 0 aliphatic heterocycles. The molecule has 0 bridgehead atoms. The highest BCUT2D eigenvalue weighted by atomic mass is 19.1. The number of anilines is 1. The minimum Gasteiger partial charge on any atom is -0.389 e. The van der Waals surface area contributed by atoms with E-state index in [0.29, 0.717) is 5.56 Å². The molecule has 0 heterocycles. The predicted octanol–water partition coefficient (Wildman–Crippen LogP) is 1.06. The van der Waals surface area contributed by atoms with E-state index in [0.717, 1.165) is 0 Å². The highest BCUT2D eigenvalue weighted by Gasteiger charge is 2.17. The van der Waals surface area contributed by atoms with E-state index < -0.39 is 11.9 Å². The summed E-state index contributed by atoms with van der Waals surface area (Å²) in [6.45, 7) is 1.60. The Balaban J connectivity index is 3.06. The lowest BCUT2D eigenvalue weighted by molar-refractivity contribution is -0.119. The molecule has 0 aliphatic carbocycles. The van der Waals surface area contributed by atoms with E-state index in [1.54, 1.807) is 20.0 Å². The molecule has 2 N–H and O–H groups in total. The number of aliphatic hydroxyl groups is 1. The van der Waals surface area contributed by atoms with E-state index in [-0.39, 0.29) is 18.1 Å². The third-order valence-corrected chi connectivity index (χ3v) is 2.51. The van der Waals surface area contributed by atoms with Gasteiger partial charge in [-0.25, -0.2) is 4.39 Å². The van der Waals surface area contributed by atoms with Crippen LogP contribution in [0.5, 0.6) is 0 Å². The molecule has 0 radical (unpaired) electrons. The third-order valence-electron chi connectivity index (χ3n) is 2.51. The summed E-state index contributed by atoms with van der Waals surface area (Å²) in [5, 5.41) is 12.0. The number of likely N-dealkylation sites (N-methyl/N-ethyl adjacent to an activating group) is 2. The van der Waals surface area contributed by atoms with Crippen molar-refractivity contribution < 1.29 is 14.3 Å². The van der Waals surface area contributed by atoms with E-state index in [4.69, 9.17) is 0 Å². The van der Waals surface area contributed by atoms with Crippen molar-refractivity contribution in [3.63, 3.8) is 0 Å². The number of para-hydroxylation sites is 1. The first-order valence-corrected chi connectivity index (χ1v) is 5.35. The van der Waals surface area contributed by atoms with E-state index in [1.165, 1.54) is 24.1 Å². The van der Waals surface area contributed by atoms with Gasteiger partial charge >= 0.3 is 0 Å². The monoisotopic (exact) mass is 240 g/mol. The molecule has 1 aromatic rings. The Morgan fingerprint density at radius 3 is 2.76 bits per heavy atom. The van der Waals surface area contributed by atoms with Crippen LogP contribution in [0.2, 0.25) is 0 Å². The average molecular weight is 240 g/mol. The first-order valence-electron chi connectivity index (χ1n) is 5.35. The van der Waals surface area contributed by atoms with Crippen molar-refractivity contribution in [1.29, 1.82) is 0 Å². The lowest BCUT2D eigenvalue weighted by Gasteiger charge is -2.23. The van der Waals surface area contributed by atoms with E-state index >= 15 is 0 Å². The van der Waals surface area contributed by atoms with Crippen LogP contribution in [-0.2, 0) is 4.79 Å². The van der Waals surface area contributed by atoms with Crippen LogP contribution in [0.15, 0.2) is 18.2 Å². The van der Waals surface area contributed by atoms with Crippen LogP contribution in [0.25, 0.3) is 0 Å². The van der Waals surface area contributed by atoms with Gasteiger partial charge in [-0.1, -0.05) is 12.1 Å². The first kappa shape index (κ1) is 13.4. The summed E-state index contributed by atoms with van der Waals surface area (Å²) in [6.07, 6.45) is -0.784. The van der Waals surface area contributed by atoms with E-state index in [1.807, 2.05) is 0 Å². The number of nitrogens with zero attached hydrogens (tertiary/aromatic N) is 1. The average Bonchev–Trinajstić information content (AvgIpc) is 2.28. The van der Waals surface area contributed by atoms with Gasteiger partial charge in [-0.2, -0.15) is 0 Å². The summed E-state index contributed by atoms with van der Waals surface area (Å²) < 4.78 is 13.7. The lowest BCUT2D eigenvalue weighted by atomic mass is 10.1. The zero-order valence-electron chi connectivity index (χ0n) is 10.2. The highest BCUT2D eigenvalue weighted by molar-refractivity contribution is 5.81. The Hall–Kier alpha value is -1.62. The van der Waals surface area contributed by atoms with Crippen LogP contribution in [0.4, 0.5) is 10.1 Å². The molecular weight excluding hydrogens is 223 g/mol. The second-order valence-electron chi connectivity index (χ2n) is 3.88. The fourth-order valence-electron chi connectivity index (χ4n) is 1.65. The molecule has 0 fully saturated rings. The van der Waals surface area contributed by atoms with Crippen LogP contribution in [0.1, 0.15) is 18.6 Å². The Labute approximate surface area is 100 Å². The summed E-state index contributed by atoms with van der Waals surface area (Å²) in [7, 11) is 3.13. The van der Waals surface area contributed by atoms with Crippen molar-refractivity contribution in [3.8, 4) is 0 Å². The van der Waals surface area contributed by atoms with Crippen molar-refractivity contribution in [2.24, 2.45) is 0 Å². The maximum absolute atomic E-state index is 13.7. The Morgan fingerprint density at radius 1 is 1.59 bits per heavy atom. The molecule has 0 saturated carbocycles. The Kier molecular flexibility index (Phi) is 4.45. The summed E-state index contributed by atoms with van der Waals surface area (Å²) in [5.74, 6) is -0.665. The number of nitrogens with one attached hydrogen (secondary N) is 1. The number of aliphatic hydroxyl groups excluding tert-OH is 1. The van der Waals surface area contributed by atoms with Gasteiger partial charge in [-0.15, -0.1) is 0 Å². The molecule has 0 spiro atoms. The molecule has 0 saturated heterocycles. The SMILES string of the molecule is CNC(=O)CN(C)c1c(F)cccc1[C@@H](C)O. The number of amides is 1. The summed E-state index contributed by atoms with van der Waals surface area (Å²) in [4.78, 5) is 12.7. The fourth-order valence-corrected chi connectivity index (χ4v) is 1.65. The molecule has 17 heavy (non-hydrogen) atoms. The summed E-state index contributed by atoms with van der Waals surface area (Å²) in [6, 6.07) is 4.49. The van der Waals surface area contributed by atoms with Crippen LogP contribution in [0.3, 0.4) is 0 Å². The van der Waals surface area contributed by atoms with E-state index in [2.05, 4.69) is 5.32 Å². The Bertz CT molecular complexity index is 407. The normalized spacial score (nSPS) is 12.1. The van der Waals surface area contributed by atoms with E-state index in [9.17, 15) is 14.3 Å². The van der Waals surface area contributed by atoms with Gasteiger partial charge in [0.1, 0.15) is 5.82 Å². The second kappa shape index (κ2) is 5.63. The maximum Gasteiger partial charge on any atom is 0.239 e. The number of hydrogen-bond acceptors (Lipinski definition) is 3. The smallest absolute Gasteiger partial charge is 0.239 e. The molecule has 0 aliphatic rings. The van der Waals surface area contributed by atoms with Gasteiger partial charge in [0.25, 0.3) is 0 Å². The Morgan fingerprint density at radius 2 is 2.24 bits per heavy atom. The molecule has 5 heteroatoms. The molecule has 1 amide bonds. The van der Waals surface area contributed by atoms with Crippen molar-refractivity contribution >= 4 is 11.6 Å². The molecule has 0 aromatic heterocycles. The molecule has 1 rings (SSSR count). The van der Waals surface area contributed by atoms with Crippen LogP contribution >= 0.6 is 0 Å². The molecular formula is C12H17FN2O2. The van der Waals surface area contributed by atoms with Gasteiger partial charge in [0.15, 0.2) is 0 Å². The van der Waals surface area contributed by atoms with Crippen LogP contribution in [0, 0.1) is 5.82 Å². The third kappa shape index (κ3) is 3.17. The summed E-state index contributed by atoms with van der Waals surface area (Å²) >= 11 is 0. The van der Waals surface area contributed by atoms with Crippen molar-refractivity contribution in [2.45, 2.75) is 13.0 Å². The number of carbonyl (C=O) groups excluding carboxylic acids is 1. The number of rotatable bonds is 4. The van der Waals surface area contributed by atoms with Gasteiger partial charge in [-0.3, -0.25) is 4.79 Å². The number of halogens is 1. The number of benzene rings is 1. The lowest BCUT2D eigenvalue weighted by Crippen LogP contribution is -2.34. The second-order valence-corrected chi connectivity index (χ2v) is 3.88. The standard InChI is InChI=1S/C12H17FN2O2/c1-8(16)9-5-4-6-10(13)12(9)15(3)7-11(17)14-2/h4-6,8,16H,7H2,1-3H3,(H,14,17)/t8-/m1/s1. The fraction of sp³-hybridized carbons (Fsp3) is 0.417. The van der Waals surface area contributed by atoms with Gasteiger partial charge in [0.05, 0.1) is 18.3 Å². The van der Waals surface area contributed by atoms with Gasteiger partial charge in [-0.05, 0) is 13.0 Å². The summed E-state index contributed by atoms with van der Waals surface area (Å²) in [5.41, 5.74) is 0.725. The minimum absolute atomic E-state index is 0.0388. The largest absolute Gasteiger partial charge is 0.389 e. The molecule has 1 aromatic carbocycles. The zero-order valence-corrected chi connectivity index (χ0v) is 10.2. The van der Waals surface area contributed by atoms with Gasteiger partial charge in [0.2, 0.25) is 5.91 Å². The molecule has 94 valence electrons. The zero-order chi connectivity index (χ0) is 13.0. The predicted molar refractivity (Wildman–Crippen MR) is 64.4 cm³/mol. The topological polar surface area (TPSA) is 52.6 Å². The molecule has 1 atom stereocenters. The van der Waals surface area contributed by atoms with Crippen LogP contribution in [-0.4, -0.2) is 31.7 Å². The van der Waals surface area contributed by atoms with Crippen LogP contribution < -0.4 is 10.2 Å². The number of hydrogen-bond donors (Lipinski definition) is 2. The highest BCUT2D eigenvalue weighted by Crippen LogP contribution is 2.28.